The number of rotatable bonds is 4. The van der Waals surface area contributed by atoms with E-state index in [2.05, 4.69) is 9.84 Å². The third-order valence-electron chi connectivity index (χ3n) is 2.15. The van der Waals surface area contributed by atoms with E-state index in [9.17, 15) is 19.6 Å². The van der Waals surface area contributed by atoms with E-state index >= 15 is 0 Å². The molecule has 17 heavy (non-hydrogen) atoms. The molecule has 0 spiro atoms. The number of aliphatic hydroxyl groups excluding tert-OH is 2. The lowest BCUT2D eigenvalue weighted by Crippen LogP contribution is -2.47. The summed E-state index contributed by atoms with van der Waals surface area (Å²) in [5.74, 6) is -0.478. The summed E-state index contributed by atoms with van der Waals surface area (Å²) in [5.41, 5.74) is 0. The van der Waals surface area contributed by atoms with Gasteiger partial charge in [0.25, 0.3) is 0 Å². The van der Waals surface area contributed by atoms with E-state index in [1.165, 1.54) is 6.92 Å². The number of carbonyl (C=O) groups is 1. The van der Waals surface area contributed by atoms with Crippen LogP contribution in [-0.4, -0.2) is 57.1 Å². The predicted molar refractivity (Wildman–Crippen MR) is 52.5 cm³/mol. The van der Waals surface area contributed by atoms with Crippen LogP contribution < -0.4 is 5.32 Å². The largest absolute Gasteiger partial charge is 0.469 e. The number of nitrogens with one attached hydrogen (secondary N) is 1. The van der Waals surface area contributed by atoms with E-state index in [1.54, 1.807) is 0 Å². The van der Waals surface area contributed by atoms with Crippen molar-refractivity contribution in [3.05, 3.63) is 0 Å². The molecule has 0 saturated carbocycles. The molecule has 0 aromatic heterocycles. The van der Waals surface area contributed by atoms with Gasteiger partial charge in [-0.25, -0.2) is 4.57 Å². The topological polar surface area (TPSA) is 146 Å². The fourth-order valence-electron chi connectivity index (χ4n) is 1.44. The molecule has 1 fully saturated rings. The van der Waals surface area contributed by atoms with Crippen LogP contribution in [0.15, 0.2) is 0 Å². The molecular weight excluding hydrogens is 257 g/mol. The van der Waals surface area contributed by atoms with Gasteiger partial charge in [-0.3, -0.25) is 9.32 Å². The number of carbonyl (C=O) groups excluding carboxylic acids is 1. The molecule has 2 unspecified atom stereocenters. The Bertz CT molecular complexity index is 330. The average molecular weight is 271 g/mol. The van der Waals surface area contributed by atoms with Crippen molar-refractivity contribution in [3.63, 3.8) is 0 Å². The smallest absolute Gasteiger partial charge is 0.388 e. The summed E-state index contributed by atoms with van der Waals surface area (Å²) >= 11 is 0. The second-order valence-electron chi connectivity index (χ2n) is 3.57. The van der Waals surface area contributed by atoms with Crippen molar-refractivity contribution in [1.82, 2.24) is 5.32 Å². The van der Waals surface area contributed by atoms with Crippen molar-refractivity contribution in [3.8, 4) is 0 Å². The maximum atomic E-state index is 10.8. The van der Waals surface area contributed by atoms with E-state index in [-0.39, 0.29) is 0 Å². The summed E-state index contributed by atoms with van der Waals surface area (Å²) in [6, 6.07) is -1.06. The summed E-state index contributed by atoms with van der Waals surface area (Å²) in [6.07, 6.45) is -3.91. The summed E-state index contributed by atoms with van der Waals surface area (Å²) in [4.78, 5) is 27.7. The monoisotopic (exact) mass is 271 g/mol. The van der Waals surface area contributed by atoms with Gasteiger partial charge >= 0.3 is 7.82 Å². The predicted octanol–water partition coefficient (Wildman–Crippen LogP) is -2.32. The highest BCUT2D eigenvalue weighted by Gasteiger charge is 2.44. The molecule has 0 aromatic rings. The van der Waals surface area contributed by atoms with E-state index in [0.717, 1.165) is 0 Å². The van der Waals surface area contributed by atoms with E-state index in [1.807, 2.05) is 0 Å². The maximum Gasteiger partial charge on any atom is 0.469 e. The Hall–Kier alpha value is -0.540. The van der Waals surface area contributed by atoms with E-state index < -0.39 is 44.9 Å². The van der Waals surface area contributed by atoms with Crippen LogP contribution >= 0.6 is 7.82 Å². The molecule has 1 aliphatic rings. The van der Waals surface area contributed by atoms with Crippen molar-refractivity contribution >= 4 is 13.7 Å². The Balaban J connectivity index is 2.55. The van der Waals surface area contributed by atoms with Gasteiger partial charge in [0.1, 0.15) is 18.2 Å². The van der Waals surface area contributed by atoms with Gasteiger partial charge < -0.3 is 30.1 Å². The van der Waals surface area contributed by atoms with Crippen LogP contribution in [0.2, 0.25) is 0 Å². The third kappa shape index (κ3) is 4.32. The molecule has 10 heteroatoms. The number of amides is 1. The summed E-state index contributed by atoms with van der Waals surface area (Å²) in [7, 11) is -4.67. The zero-order chi connectivity index (χ0) is 13.2. The first-order valence-corrected chi connectivity index (χ1v) is 6.22. The summed E-state index contributed by atoms with van der Waals surface area (Å²) < 4.78 is 19.4. The lowest BCUT2D eigenvalue weighted by molar-refractivity contribution is -0.127. The zero-order valence-corrected chi connectivity index (χ0v) is 9.78. The van der Waals surface area contributed by atoms with Crippen molar-refractivity contribution < 1.29 is 38.6 Å². The first kappa shape index (κ1) is 14.5. The zero-order valence-electron chi connectivity index (χ0n) is 8.89. The van der Waals surface area contributed by atoms with Gasteiger partial charge in [0.05, 0.1) is 6.61 Å². The molecule has 100 valence electrons. The van der Waals surface area contributed by atoms with Crippen molar-refractivity contribution in [2.45, 2.75) is 31.5 Å². The van der Waals surface area contributed by atoms with Crippen LogP contribution in [-0.2, 0) is 18.6 Å². The lowest BCUT2D eigenvalue weighted by atomic mass is 10.1. The highest BCUT2D eigenvalue weighted by Crippen LogP contribution is 2.37. The Morgan fingerprint density at radius 3 is 2.53 bits per heavy atom. The Labute approximate surface area is 96.6 Å². The fraction of sp³-hybridized carbons (Fsp3) is 0.857. The van der Waals surface area contributed by atoms with Gasteiger partial charge in [0.15, 0.2) is 6.29 Å². The minimum absolute atomic E-state index is 0.478. The van der Waals surface area contributed by atoms with Crippen LogP contribution in [0.3, 0.4) is 0 Å². The van der Waals surface area contributed by atoms with Gasteiger partial charge in [0.2, 0.25) is 5.91 Å². The molecular formula is C7H14NO8P. The molecule has 1 aliphatic heterocycles. The molecule has 1 rings (SSSR count). The van der Waals surface area contributed by atoms with E-state index in [4.69, 9.17) is 14.5 Å². The highest BCUT2D eigenvalue weighted by molar-refractivity contribution is 7.46. The third-order valence-corrected chi connectivity index (χ3v) is 2.63. The van der Waals surface area contributed by atoms with Gasteiger partial charge in [-0.1, -0.05) is 0 Å². The normalized spacial score (nSPS) is 33.7. The molecule has 0 radical (unpaired) electrons. The van der Waals surface area contributed by atoms with Gasteiger partial charge in [-0.15, -0.1) is 0 Å². The quantitative estimate of drug-likeness (QED) is 0.358. The molecule has 1 saturated heterocycles. The lowest BCUT2D eigenvalue weighted by Gasteiger charge is -2.18. The number of ether oxygens (including phenoxy) is 1. The Morgan fingerprint density at radius 1 is 1.47 bits per heavy atom. The fourth-order valence-corrected chi connectivity index (χ4v) is 1.79. The number of hydrogen-bond donors (Lipinski definition) is 5. The summed E-state index contributed by atoms with van der Waals surface area (Å²) in [6.45, 7) is 0.595. The molecule has 9 nitrogen and oxygen atoms in total. The SMILES string of the molecule is CC(=O)NC1C(O)O[C@H](COP(=O)(O)O)[C@@H]1O. The average Bonchev–Trinajstić information content (AvgIpc) is 2.41. The molecule has 5 N–H and O–H groups in total. The second-order valence-corrected chi connectivity index (χ2v) is 4.81. The van der Waals surface area contributed by atoms with Gasteiger partial charge in [-0.2, -0.15) is 0 Å². The second kappa shape index (κ2) is 5.40. The molecule has 0 bridgehead atoms. The molecule has 0 aromatic carbocycles. The number of phosphoric acid groups is 1. The van der Waals surface area contributed by atoms with Crippen molar-refractivity contribution in [1.29, 1.82) is 0 Å². The molecule has 4 atom stereocenters. The van der Waals surface area contributed by atoms with Gasteiger partial charge in [0, 0.05) is 6.92 Å². The standard InChI is InChI=1S/C7H14NO8P/c1-3(9)8-5-6(10)4(16-7(5)11)2-15-17(12,13)14/h4-7,10-11H,2H2,1H3,(H,8,9)(H2,12,13,14)/t4-,5?,6+,7?/m1/s1. The van der Waals surface area contributed by atoms with Crippen LogP contribution in [0.5, 0.6) is 0 Å². The molecule has 1 heterocycles. The van der Waals surface area contributed by atoms with Crippen LogP contribution in [0.1, 0.15) is 6.92 Å². The maximum absolute atomic E-state index is 10.8. The number of hydrogen-bond acceptors (Lipinski definition) is 6. The number of aliphatic hydroxyl groups is 2. The highest BCUT2D eigenvalue weighted by atomic mass is 31.2. The summed E-state index contributed by atoms with van der Waals surface area (Å²) in [5, 5.41) is 21.2. The first-order valence-electron chi connectivity index (χ1n) is 4.69. The Morgan fingerprint density at radius 2 is 2.06 bits per heavy atom. The van der Waals surface area contributed by atoms with Crippen molar-refractivity contribution in [2.24, 2.45) is 0 Å². The van der Waals surface area contributed by atoms with Crippen LogP contribution in [0.25, 0.3) is 0 Å². The minimum Gasteiger partial charge on any atom is -0.388 e. The van der Waals surface area contributed by atoms with Gasteiger partial charge in [-0.05, 0) is 0 Å². The number of phosphoric ester groups is 1. The molecule has 0 aliphatic carbocycles. The van der Waals surface area contributed by atoms with E-state index in [0.29, 0.717) is 0 Å². The van der Waals surface area contributed by atoms with Crippen molar-refractivity contribution in [2.75, 3.05) is 6.61 Å². The van der Waals surface area contributed by atoms with Crippen LogP contribution in [0.4, 0.5) is 0 Å². The first-order chi connectivity index (χ1) is 7.70. The Kier molecular flexibility index (Phi) is 4.62. The molecule has 1 amide bonds. The minimum atomic E-state index is -4.67. The van der Waals surface area contributed by atoms with Crippen LogP contribution in [0, 0.1) is 0 Å².